The molecule has 0 bridgehead atoms. The third kappa shape index (κ3) is 3.83. The molecule has 0 aromatic heterocycles. The van der Waals surface area contributed by atoms with E-state index < -0.39 is 8.07 Å². The number of hydrogen-bond donors (Lipinski definition) is 0. The molecule has 0 spiro atoms. The first-order valence-corrected chi connectivity index (χ1v) is 13.8. The molecule has 0 radical (unpaired) electrons. The Hall–Kier alpha value is -3.42. The van der Waals surface area contributed by atoms with Gasteiger partial charge < -0.3 is 0 Å². The minimum Gasteiger partial charge on any atom is -0.0798 e. The van der Waals surface area contributed by atoms with Gasteiger partial charge in [-0.1, -0.05) is 132 Å². The summed E-state index contributed by atoms with van der Waals surface area (Å²) in [6.45, 7) is 6.64. The molecule has 0 heterocycles. The van der Waals surface area contributed by atoms with Gasteiger partial charge in [0.15, 0.2) is 8.07 Å². The summed E-state index contributed by atoms with van der Waals surface area (Å²) in [4.78, 5) is 0. The molecule has 1 aliphatic rings. The molecule has 0 saturated heterocycles. The first kappa shape index (κ1) is 21.4. The van der Waals surface area contributed by atoms with Gasteiger partial charge in [-0.3, -0.25) is 0 Å². The lowest BCUT2D eigenvalue weighted by Gasteiger charge is -2.37. The molecule has 5 rings (SSSR count). The third-order valence-corrected chi connectivity index (χ3v) is 11.6. The highest BCUT2D eigenvalue weighted by Crippen LogP contribution is 2.35. The number of allylic oxidation sites excluding steroid dienone is 4. The summed E-state index contributed by atoms with van der Waals surface area (Å²) < 4.78 is 0. The molecular weight excluding hydrogens is 412 g/mol. The topological polar surface area (TPSA) is 0 Å². The van der Waals surface area contributed by atoms with E-state index in [2.05, 4.69) is 136 Å². The molecule has 4 aromatic carbocycles. The van der Waals surface area contributed by atoms with E-state index >= 15 is 0 Å². The average molecular weight is 443 g/mol. The first-order valence-electron chi connectivity index (χ1n) is 11.8. The van der Waals surface area contributed by atoms with Gasteiger partial charge in [0.05, 0.1) is 0 Å². The van der Waals surface area contributed by atoms with Gasteiger partial charge >= 0.3 is 0 Å². The quantitative estimate of drug-likeness (QED) is 0.261. The minimum absolute atomic E-state index is 0.984. The summed E-state index contributed by atoms with van der Waals surface area (Å²) in [6, 6.07) is 38.7. The van der Waals surface area contributed by atoms with Crippen molar-refractivity contribution in [2.45, 2.75) is 27.2 Å². The van der Waals surface area contributed by atoms with Crippen molar-refractivity contribution in [3.8, 4) is 0 Å². The van der Waals surface area contributed by atoms with Crippen molar-refractivity contribution in [3.05, 3.63) is 143 Å². The molecule has 0 unspecified atom stereocenters. The summed E-state index contributed by atoms with van der Waals surface area (Å²) in [5.41, 5.74) is 6.65. The lowest BCUT2D eigenvalue weighted by atomic mass is 10.1. The molecular formula is C32H30Si. The number of hydrogen-bond acceptors (Lipinski definition) is 0. The van der Waals surface area contributed by atoms with Crippen molar-refractivity contribution >= 4 is 29.2 Å². The molecule has 162 valence electrons. The molecule has 4 aromatic rings. The second-order valence-corrected chi connectivity index (χ2v) is 13.0. The molecule has 0 N–H and O–H groups in total. The number of aryl methyl sites for hydroxylation is 3. The van der Waals surface area contributed by atoms with Gasteiger partial charge in [-0.25, -0.2) is 0 Å². The Balaban J connectivity index is 1.89. The Morgan fingerprint density at radius 3 is 1.45 bits per heavy atom. The van der Waals surface area contributed by atoms with Gasteiger partial charge in [0.2, 0.25) is 0 Å². The summed E-state index contributed by atoms with van der Waals surface area (Å²) in [7, 11) is -2.54. The van der Waals surface area contributed by atoms with Crippen molar-refractivity contribution in [1.82, 2.24) is 0 Å². The molecule has 0 atom stereocenters. The highest BCUT2D eigenvalue weighted by atomic mass is 28.3. The molecule has 0 nitrogen and oxygen atoms in total. The fraction of sp³-hybridized carbons (Fsp3) is 0.125. The summed E-state index contributed by atoms with van der Waals surface area (Å²) in [5.74, 6) is 0. The van der Waals surface area contributed by atoms with Crippen molar-refractivity contribution in [2.75, 3.05) is 0 Å². The lowest BCUT2D eigenvalue weighted by Crippen LogP contribution is -2.68. The van der Waals surface area contributed by atoms with Crippen LogP contribution < -0.4 is 15.6 Å². The van der Waals surface area contributed by atoms with Crippen LogP contribution in [0.15, 0.2) is 120 Å². The first-order chi connectivity index (χ1) is 16.1. The lowest BCUT2D eigenvalue weighted by molar-refractivity contribution is 1.44. The summed E-state index contributed by atoms with van der Waals surface area (Å²) in [5, 5.41) is 5.87. The molecule has 0 aliphatic heterocycles. The van der Waals surface area contributed by atoms with Crippen LogP contribution >= 0.6 is 0 Å². The monoisotopic (exact) mass is 442 g/mol. The van der Waals surface area contributed by atoms with Crippen LogP contribution in [0.25, 0.3) is 5.57 Å². The summed E-state index contributed by atoms with van der Waals surface area (Å²) >= 11 is 0. The maximum absolute atomic E-state index is 2.54. The smallest absolute Gasteiger partial charge is 0.0798 e. The zero-order valence-corrected chi connectivity index (χ0v) is 20.7. The van der Waals surface area contributed by atoms with E-state index in [1.54, 1.807) is 0 Å². The normalized spacial score (nSPS) is 13.5. The predicted molar refractivity (Wildman–Crippen MR) is 145 cm³/mol. The van der Waals surface area contributed by atoms with Crippen LogP contribution in [0.2, 0.25) is 0 Å². The molecule has 1 aliphatic carbocycles. The van der Waals surface area contributed by atoms with E-state index in [-0.39, 0.29) is 0 Å². The highest BCUT2D eigenvalue weighted by Gasteiger charge is 2.45. The van der Waals surface area contributed by atoms with Gasteiger partial charge in [-0.2, -0.15) is 0 Å². The molecule has 0 fully saturated rings. The van der Waals surface area contributed by atoms with Crippen LogP contribution in [0.5, 0.6) is 0 Å². The van der Waals surface area contributed by atoms with Gasteiger partial charge in [-0.15, -0.1) is 0 Å². The van der Waals surface area contributed by atoms with Crippen LogP contribution in [0.4, 0.5) is 0 Å². The average Bonchev–Trinajstić information content (AvgIpc) is 3.31. The maximum atomic E-state index is 2.50. The van der Waals surface area contributed by atoms with Crippen molar-refractivity contribution in [1.29, 1.82) is 0 Å². The Labute approximate surface area is 199 Å². The van der Waals surface area contributed by atoms with Crippen molar-refractivity contribution in [2.24, 2.45) is 0 Å². The molecule has 1 heteroatoms. The Kier molecular flexibility index (Phi) is 5.74. The minimum atomic E-state index is -2.54. The Morgan fingerprint density at radius 2 is 1.00 bits per heavy atom. The fourth-order valence-corrected chi connectivity index (χ4v) is 10.7. The van der Waals surface area contributed by atoms with Gasteiger partial charge in [0.1, 0.15) is 0 Å². The second kappa shape index (κ2) is 8.84. The van der Waals surface area contributed by atoms with E-state index in [0.717, 1.165) is 6.42 Å². The van der Waals surface area contributed by atoms with Crippen LogP contribution in [0.1, 0.15) is 28.7 Å². The second-order valence-electron chi connectivity index (χ2n) is 9.20. The van der Waals surface area contributed by atoms with Crippen molar-refractivity contribution < 1.29 is 0 Å². The van der Waals surface area contributed by atoms with Crippen molar-refractivity contribution in [3.63, 3.8) is 0 Å². The zero-order chi connectivity index (χ0) is 22.8. The predicted octanol–water partition coefficient (Wildman–Crippen LogP) is 6.03. The zero-order valence-electron chi connectivity index (χ0n) is 19.7. The number of benzene rings is 4. The largest absolute Gasteiger partial charge is 0.179 e. The van der Waals surface area contributed by atoms with E-state index in [4.69, 9.17) is 0 Å². The van der Waals surface area contributed by atoms with Gasteiger partial charge in [0, 0.05) is 0 Å². The van der Waals surface area contributed by atoms with E-state index in [0.29, 0.717) is 0 Å². The SMILES string of the molecule is Cc1cccc([Si](C2=CCC=C2c2ccccc2)(c2cccc(C)c2)c2cccc(C)c2)c1. The van der Waals surface area contributed by atoms with Crippen LogP contribution in [-0.2, 0) is 0 Å². The third-order valence-electron chi connectivity index (χ3n) is 6.78. The van der Waals surface area contributed by atoms with Crippen LogP contribution in [-0.4, -0.2) is 8.07 Å². The fourth-order valence-electron chi connectivity index (χ4n) is 5.36. The maximum Gasteiger partial charge on any atom is 0.179 e. The molecule has 33 heavy (non-hydrogen) atoms. The Bertz CT molecular complexity index is 1250. The van der Waals surface area contributed by atoms with E-state index in [9.17, 15) is 0 Å². The van der Waals surface area contributed by atoms with Crippen LogP contribution in [0, 0.1) is 20.8 Å². The van der Waals surface area contributed by atoms with Gasteiger partial charge in [-0.05, 0) is 59.1 Å². The molecule has 0 saturated carbocycles. The van der Waals surface area contributed by atoms with Gasteiger partial charge in [0.25, 0.3) is 0 Å². The van der Waals surface area contributed by atoms with E-state index in [1.807, 2.05) is 0 Å². The number of rotatable bonds is 5. The van der Waals surface area contributed by atoms with E-state index in [1.165, 1.54) is 48.6 Å². The highest BCUT2D eigenvalue weighted by molar-refractivity contribution is 7.17. The van der Waals surface area contributed by atoms with Crippen LogP contribution in [0.3, 0.4) is 0 Å². The standard InChI is InChI=1S/C32H30Si/c1-24-11-7-16-28(21-24)33(29-17-8-12-25(2)22-29,30-18-9-13-26(3)23-30)32-20-10-19-31(32)27-14-5-4-6-15-27/h4-9,11-23H,10H2,1-3H3. The Morgan fingerprint density at radius 1 is 0.515 bits per heavy atom. The summed E-state index contributed by atoms with van der Waals surface area (Å²) in [6.07, 6.45) is 5.91. The molecule has 0 amide bonds.